The first-order valence-corrected chi connectivity index (χ1v) is 6.69. The number of carbonyl (C=O) groups is 1. The second-order valence-electron chi connectivity index (χ2n) is 4.40. The number of esters is 1. The van der Waals surface area contributed by atoms with Crippen molar-refractivity contribution in [3.63, 3.8) is 0 Å². The van der Waals surface area contributed by atoms with Crippen LogP contribution in [0.15, 0.2) is 30.3 Å². The second kappa shape index (κ2) is 9.47. The summed E-state index contributed by atoms with van der Waals surface area (Å²) in [5, 5.41) is 3.06. The van der Waals surface area contributed by atoms with E-state index >= 15 is 0 Å². The smallest absolute Gasteiger partial charge is 0.338 e. The summed E-state index contributed by atoms with van der Waals surface area (Å²) in [6, 6.07) is 8.91. The van der Waals surface area contributed by atoms with Gasteiger partial charge < -0.3 is 19.5 Å². The highest BCUT2D eigenvalue weighted by Gasteiger charge is 2.25. The van der Waals surface area contributed by atoms with E-state index < -0.39 is 12.4 Å². The van der Waals surface area contributed by atoms with E-state index in [1.54, 1.807) is 24.3 Å². The number of nitrogens with one attached hydrogen (secondary N) is 1. The van der Waals surface area contributed by atoms with Gasteiger partial charge in [0.15, 0.2) is 12.4 Å². The normalized spacial score (nSPS) is 12.4. The molecule has 0 amide bonds. The zero-order valence-corrected chi connectivity index (χ0v) is 12.3. The molecular weight excluding hydrogens is 258 g/mol. The Bertz CT molecular complexity index is 379. The average Bonchev–Trinajstić information content (AvgIpc) is 2.49. The average molecular weight is 281 g/mol. The molecule has 1 unspecified atom stereocenters. The molecule has 0 spiro atoms. The van der Waals surface area contributed by atoms with Gasteiger partial charge in [-0.25, -0.2) is 4.79 Å². The molecule has 5 nitrogen and oxygen atoms in total. The van der Waals surface area contributed by atoms with Crippen molar-refractivity contribution in [3.05, 3.63) is 35.9 Å². The summed E-state index contributed by atoms with van der Waals surface area (Å²) in [6.45, 7) is 0.847. The summed E-state index contributed by atoms with van der Waals surface area (Å²) in [6.07, 6.45) is 0.559. The lowest BCUT2D eigenvalue weighted by Crippen LogP contribution is -2.35. The van der Waals surface area contributed by atoms with Crippen molar-refractivity contribution < 1.29 is 19.0 Å². The monoisotopic (exact) mass is 281 g/mol. The van der Waals surface area contributed by atoms with Crippen LogP contribution in [0.1, 0.15) is 23.2 Å². The number of rotatable bonds is 9. The van der Waals surface area contributed by atoms with Gasteiger partial charge in [-0.1, -0.05) is 18.2 Å². The highest BCUT2D eigenvalue weighted by atomic mass is 16.7. The molecule has 1 rings (SSSR count). The first-order valence-electron chi connectivity index (χ1n) is 6.69. The fourth-order valence-corrected chi connectivity index (χ4v) is 1.91. The van der Waals surface area contributed by atoms with E-state index in [-0.39, 0.29) is 5.97 Å². The maximum atomic E-state index is 12.1. The van der Waals surface area contributed by atoms with E-state index in [0.717, 1.165) is 13.0 Å². The second-order valence-corrected chi connectivity index (χ2v) is 4.40. The third kappa shape index (κ3) is 5.28. The van der Waals surface area contributed by atoms with Crippen molar-refractivity contribution in [2.45, 2.75) is 25.2 Å². The van der Waals surface area contributed by atoms with Crippen molar-refractivity contribution >= 4 is 5.97 Å². The molecule has 0 aromatic heterocycles. The molecule has 0 heterocycles. The van der Waals surface area contributed by atoms with Crippen LogP contribution >= 0.6 is 0 Å². The van der Waals surface area contributed by atoms with Gasteiger partial charge in [0, 0.05) is 14.2 Å². The molecule has 0 saturated carbocycles. The number of carbonyl (C=O) groups excluding carboxylic acids is 1. The highest BCUT2D eigenvalue weighted by Crippen LogP contribution is 2.14. The van der Waals surface area contributed by atoms with Crippen LogP contribution in [-0.2, 0) is 14.2 Å². The third-order valence-corrected chi connectivity index (χ3v) is 2.95. The van der Waals surface area contributed by atoms with Gasteiger partial charge in [-0.15, -0.1) is 0 Å². The Kier molecular flexibility index (Phi) is 7.87. The van der Waals surface area contributed by atoms with Crippen molar-refractivity contribution in [1.82, 2.24) is 5.32 Å². The van der Waals surface area contributed by atoms with Gasteiger partial charge in [0.1, 0.15) is 0 Å². The Morgan fingerprint density at radius 1 is 1.20 bits per heavy atom. The first kappa shape index (κ1) is 16.6. The van der Waals surface area contributed by atoms with E-state index in [0.29, 0.717) is 12.0 Å². The number of methoxy groups -OCH3 is 2. The van der Waals surface area contributed by atoms with E-state index in [4.69, 9.17) is 14.2 Å². The van der Waals surface area contributed by atoms with Crippen LogP contribution in [0.25, 0.3) is 0 Å². The van der Waals surface area contributed by atoms with Crippen LogP contribution in [0.3, 0.4) is 0 Å². The minimum Gasteiger partial charge on any atom is -0.453 e. The Morgan fingerprint density at radius 2 is 1.85 bits per heavy atom. The van der Waals surface area contributed by atoms with Crippen LogP contribution in [0.4, 0.5) is 0 Å². The summed E-state index contributed by atoms with van der Waals surface area (Å²) in [4.78, 5) is 12.1. The maximum absolute atomic E-state index is 12.1. The van der Waals surface area contributed by atoms with Crippen LogP contribution in [0.2, 0.25) is 0 Å². The summed E-state index contributed by atoms with van der Waals surface area (Å²) in [5.74, 6) is -0.362. The van der Waals surface area contributed by atoms with Gasteiger partial charge >= 0.3 is 5.97 Å². The molecule has 0 bridgehead atoms. The Labute approximate surface area is 120 Å². The van der Waals surface area contributed by atoms with Crippen molar-refractivity contribution in [3.8, 4) is 0 Å². The van der Waals surface area contributed by atoms with Crippen molar-refractivity contribution in [2.75, 3.05) is 27.8 Å². The third-order valence-electron chi connectivity index (χ3n) is 2.95. The lowest BCUT2D eigenvalue weighted by atomic mass is 10.1. The van der Waals surface area contributed by atoms with Gasteiger partial charge in [-0.3, -0.25) is 0 Å². The molecule has 5 heteroatoms. The predicted molar refractivity (Wildman–Crippen MR) is 76.6 cm³/mol. The SMILES string of the molecule is CNCCCC(OC(=O)c1ccccc1)C(OC)OC. The molecule has 0 aliphatic heterocycles. The maximum Gasteiger partial charge on any atom is 0.338 e. The molecule has 1 N–H and O–H groups in total. The van der Waals surface area contributed by atoms with Crippen LogP contribution < -0.4 is 5.32 Å². The van der Waals surface area contributed by atoms with Gasteiger partial charge in [-0.05, 0) is 38.6 Å². The van der Waals surface area contributed by atoms with E-state index in [1.165, 1.54) is 14.2 Å². The summed E-state index contributed by atoms with van der Waals surface area (Å²) < 4.78 is 15.9. The fourth-order valence-electron chi connectivity index (χ4n) is 1.91. The van der Waals surface area contributed by atoms with Crippen LogP contribution in [-0.4, -0.2) is 46.2 Å². The number of hydrogen-bond acceptors (Lipinski definition) is 5. The predicted octanol–water partition coefficient (Wildman–Crippen LogP) is 1.83. The standard InChI is InChI=1S/C15H23NO4/c1-16-11-7-10-13(15(18-2)19-3)20-14(17)12-8-5-4-6-9-12/h4-6,8-9,13,15-16H,7,10-11H2,1-3H3. The zero-order chi connectivity index (χ0) is 14.8. The summed E-state index contributed by atoms with van der Waals surface area (Å²) >= 11 is 0. The molecule has 1 aromatic carbocycles. The highest BCUT2D eigenvalue weighted by molar-refractivity contribution is 5.89. The molecule has 0 radical (unpaired) electrons. The first-order chi connectivity index (χ1) is 9.72. The quantitative estimate of drug-likeness (QED) is 0.425. The lowest BCUT2D eigenvalue weighted by molar-refractivity contribution is -0.167. The minimum atomic E-state index is -0.556. The molecular formula is C15H23NO4. The number of hydrogen-bond donors (Lipinski definition) is 1. The van der Waals surface area contributed by atoms with Gasteiger partial charge in [0.25, 0.3) is 0 Å². The van der Waals surface area contributed by atoms with E-state index in [9.17, 15) is 4.79 Å². The summed E-state index contributed by atoms with van der Waals surface area (Å²) in [5.41, 5.74) is 0.525. The Hall–Kier alpha value is -1.43. The number of benzene rings is 1. The van der Waals surface area contributed by atoms with Crippen LogP contribution in [0, 0.1) is 0 Å². The molecule has 1 aromatic rings. The van der Waals surface area contributed by atoms with E-state index in [1.807, 2.05) is 13.1 Å². The van der Waals surface area contributed by atoms with Gasteiger partial charge in [0.05, 0.1) is 5.56 Å². The lowest BCUT2D eigenvalue weighted by Gasteiger charge is -2.24. The molecule has 0 fully saturated rings. The largest absolute Gasteiger partial charge is 0.453 e. The van der Waals surface area contributed by atoms with Gasteiger partial charge in [-0.2, -0.15) is 0 Å². The number of ether oxygens (including phenoxy) is 3. The fraction of sp³-hybridized carbons (Fsp3) is 0.533. The molecule has 112 valence electrons. The Balaban J connectivity index is 2.65. The van der Waals surface area contributed by atoms with Crippen molar-refractivity contribution in [2.24, 2.45) is 0 Å². The topological polar surface area (TPSA) is 56.8 Å². The van der Waals surface area contributed by atoms with Gasteiger partial charge in [0.2, 0.25) is 0 Å². The van der Waals surface area contributed by atoms with Crippen LogP contribution in [0.5, 0.6) is 0 Å². The van der Waals surface area contributed by atoms with Crippen molar-refractivity contribution in [1.29, 1.82) is 0 Å². The molecule has 1 atom stereocenters. The van der Waals surface area contributed by atoms with E-state index in [2.05, 4.69) is 5.32 Å². The Morgan fingerprint density at radius 3 is 2.40 bits per heavy atom. The summed E-state index contributed by atoms with van der Waals surface area (Å²) in [7, 11) is 4.96. The molecule has 20 heavy (non-hydrogen) atoms. The molecule has 0 aliphatic rings. The zero-order valence-electron chi connectivity index (χ0n) is 12.3. The molecule has 0 saturated heterocycles. The molecule has 0 aliphatic carbocycles. The minimum absolute atomic E-state index is 0.362.